The fourth-order valence-corrected chi connectivity index (χ4v) is 2.74. The average Bonchev–Trinajstić information content (AvgIpc) is 3.19. The summed E-state index contributed by atoms with van der Waals surface area (Å²) in [5, 5.41) is 25.4. The van der Waals surface area contributed by atoms with E-state index in [1.807, 2.05) is 0 Å². The van der Waals surface area contributed by atoms with Crippen LogP contribution in [0.3, 0.4) is 0 Å². The molecule has 2 rings (SSSR count). The summed E-state index contributed by atoms with van der Waals surface area (Å²) in [5.41, 5.74) is 6.01. The van der Waals surface area contributed by atoms with E-state index in [2.05, 4.69) is 4.74 Å². The first-order valence-electron chi connectivity index (χ1n) is 6.33. The lowest BCUT2D eigenvalue weighted by Gasteiger charge is -2.06. The number of nitrogens with two attached hydrogens (primary N) is 1. The zero-order valence-electron chi connectivity index (χ0n) is 11.8. The van der Waals surface area contributed by atoms with E-state index in [1.165, 1.54) is 22.7 Å². The quantitative estimate of drug-likeness (QED) is 0.715. The molecule has 2 aromatic rings. The number of hydrogen-bond donors (Lipinski definition) is 3. The molecule has 0 bridgehead atoms. The molecule has 0 spiro atoms. The highest BCUT2D eigenvalue weighted by molar-refractivity contribution is 7.08. The van der Waals surface area contributed by atoms with Crippen molar-refractivity contribution in [3.8, 4) is 0 Å². The molecule has 0 saturated heterocycles. The van der Waals surface area contributed by atoms with Crippen LogP contribution in [0.5, 0.6) is 0 Å². The molecule has 0 aliphatic carbocycles. The fourth-order valence-electron chi connectivity index (χ4n) is 1.38. The van der Waals surface area contributed by atoms with Gasteiger partial charge < -0.3 is 20.7 Å². The van der Waals surface area contributed by atoms with Crippen LogP contribution in [-0.4, -0.2) is 28.7 Å². The first-order valence-corrected chi connectivity index (χ1v) is 8.22. The zero-order valence-corrected chi connectivity index (χ0v) is 13.5. The van der Waals surface area contributed by atoms with Gasteiger partial charge in [-0.15, -0.1) is 0 Å². The third-order valence-electron chi connectivity index (χ3n) is 2.50. The van der Waals surface area contributed by atoms with Gasteiger partial charge >= 0.3 is 5.97 Å². The molecule has 0 saturated carbocycles. The maximum atomic E-state index is 11.0. The summed E-state index contributed by atoms with van der Waals surface area (Å²) in [7, 11) is 0. The summed E-state index contributed by atoms with van der Waals surface area (Å²) in [6.45, 7) is 2.00. The molecule has 6 nitrogen and oxygen atoms in total. The third kappa shape index (κ3) is 5.57. The Balaban J connectivity index is 0.000000224. The number of primary amides is 1. The summed E-state index contributed by atoms with van der Waals surface area (Å²) in [5.74, 6) is -1.30. The Labute approximate surface area is 135 Å². The summed E-state index contributed by atoms with van der Waals surface area (Å²) in [6.07, 6.45) is -2.28. The van der Waals surface area contributed by atoms with Crippen molar-refractivity contribution >= 4 is 34.6 Å². The molecule has 120 valence electrons. The molecule has 8 heteroatoms. The topological polar surface area (TPSA) is 110 Å². The maximum absolute atomic E-state index is 11.0. The fraction of sp³-hybridized carbons (Fsp3) is 0.286. The van der Waals surface area contributed by atoms with Gasteiger partial charge in [0.05, 0.1) is 6.61 Å². The maximum Gasteiger partial charge on any atom is 0.339 e. The van der Waals surface area contributed by atoms with Gasteiger partial charge in [0.2, 0.25) is 0 Å². The van der Waals surface area contributed by atoms with Crippen LogP contribution in [0, 0.1) is 0 Å². The predicted octanol–water partition coefficient (Wildman–Crippen LogP) is 1.61. The van der Waals surface area contributed by atoms with Crippen LogP contribution in [0.25, 0.3) is 0 Å². The Morgan fingerprint density at radius 2 is 1.64 bits per heavy atom. The second kappa shape index (κ2) is 9.31. The molecule has 0 fully saturated rings. The lowest BCUT2D eigenvalue weighted by molar-refractivity contribution is -0.153. The van der Waals surface area contributed by atoms with E-state index in [9.17, 15) is 14.7 Å². The molecule has 2 aromatic heterocycles. The van der Waals surface area contributed by atoms with Crippen molar-refractivity contribution < 1.29 is 24.5 Å². The number of carbonyl (C=O) groups is 2. The van der Waals surface area contributed by atoms with Gasteiger partial charge in [-0.3, -0.25) is 4.79 Å². The largest absolute Gasteiger partial charge is 0.464 e. The first kappa shape index (κ1) is 18.3. The normalized spacial score (nSPS) is 12.7. The number of carbonyl (C=O) groups excluding carboxylic acids is 2. The van der Waals surface area contributed by atoms with Crippen molar-refractivity contribution in [2.45, 2.75) is 19.1 Å². The average molecular weight is 343 g/mol. The van der Waals surface area contributed by atoms with Crippen molar-refractivity contribution in [3.05, 3.63) is 44.8 Å². The van der Waals surface area contributed by atoms with E-state index in [0.29, 0.717) is 17.7 Å². The van der Waals surface area contributed by atoms with Gasteiger partial charge in [0.1, 0.15) is 0 Å². The number of rotatable bonds is 5. The molecule has 1 amide bonds. The van der Waals surface area contributed by atoms with Gasteiger partial charge in [0.15, 0.2) is 12.2 Å². The molecule has 0 aromatic carbocycles. The minimum atomic E-state index is -1.15. The Kier molecular flexibility index (Phi) is 7.75. The number of thiophene rings is 2. The van der Waals surface area contributed by atoms with Crippen LogP contribution in [0.4, 0.5) is 0 Å². The van der Waals surface area contributed by atoms with Crippen molar-refractivity contribution in [1.29, 1.82) is 0 Å². The highest BCUT2D eigenvalue weighted by atomic mass is 32.1. The Morgan fingerprint density at radius 3 is 2.00 bits per heavy atom. The van der Waals surface area contributed by atoms with E-state index in [0.717, 1.165) is 0 Å². The van der Waals surface area contributed by atoms with E-state index in [4.69, 9.17) is 10.8 Å². The van der Waals surface area contributed by atoms with Gasteiger partial charge in [-0.1, -0.05) is 0 Å². The van der Waals surface area contributed by atoms with Crippen molar-refractivity contribution in [2.24, 2.45) is 5.73 Å². The third-order valence-corrected chi connectivity index (χ3v) is 3.90. The van der Waals surface area contributed by atoms with Gasteiger partial charge in [0.25, 0.3) is 5.91 Å². The van der Waals surface area contributed by atoms with Crippen LogP contribution >= 0.6 is 22.7 Å². The molecule has 0 aliphatic rings. The predicted molar refractivity (Wildman–Crippen MR) is 84.4 cm³/mol. The van der Waals surface area contributed by atoms with E-state index >= 15 is 0 Å². The van der Waals surface area contributed by atoms with Gasteiger partial charge in [0, 0.05) is 11.1 Å². The molecule has 2 heterocycles. The molecule has 2 unspecified atom stereocenters. The lowest BCUT2D eigenvalue weighted by Crippen LogP contribution is -2.20. The summed E-state index contributed by atoms with van der Waals surface area (Å²) < 4.78 is 4.64. The number of ether oxygens (including phenoxy) is 1. The van der Waals surface area contributed by atoms with Crippen molar-refractivity contribution in [2.75, 3.05) is 6.61 Å². The van der Waals surface area contributed by atoms with Crippen molar-refractivity contribution in [3.63, 3.8) is 0 Å². The van der Waals surface area contributed by atoms with Crippen LogP contribution in [-0.2, 0) is 14.3 Å². The van der Waals surface area contributed by atoms with E-state index in [-0.39, 0.29) is 0 Å². The number of aliphatic hydroxyl groups excluding tert-OH is 2. The smallest absolute Gasteiger partial charge is 0.339 e. The Morgan fingerprint density at radius 1 is 1.14 bits per heavy atom. The minimum absolute atomic E-state index is 0.292. The highest BCUT2D eigenvalue weighted by Gasteiger charge is 2.18. The van der Waals surface area contributed by atoms with Crippen LogP contribution in [0.2, 0.25) is 0 Å². The molecular formula is C14H17NO5S2. The molecule has 0 aliphatic heterocycles. The molecule has 2 atom stereocenters. The molecular weight excluding hydrogens is 326 g/mol. The number of aliphatic hydroxyl groups is 2. The van der Waals surface area contributed by atoms with Crippen LogP contribution < -0.4 is 5.73 Å². The second-order valence-corrected chi connectivity index (χ2v) is 5.63. The SMILES string of the molecule is CCOC(=O)C(O)c1ccsc1.NC(=O)C(O)c1ccsc1. The Hall–Kier alpha value is -1.74. The van der Waals surface area contributed by atoms with Gasteiger partial charge in [-0.05, 0) is 40.6 Å². The highest BCUT2D eigenvalue weighted by Crippen LogP contribution is 2.17. The van der Waals surface area contributed by atoms with E-state index in [1.54, 1.807) is 40.6 Å². The number of esters is 1. The molecule has 4 N–H and O–H groups in total. The van der Waals surface area contributed by atoms with Gasteiger partial charge in [-0.25, -0.2) is 4.79 Å². The zero-order chi connectivity index (χ0) is 16.5. The lowest BCUT2D eigenvalue weighted by atomic mass is 10.2. The number of hydrogen-bond acceptors (Lipinski definition) is 7. The number of amides is 1. The van der Waals surface area contributed by atoms with E-state index < -0.39 is 24.1 Å². The first-order chi connectivity index (χ1) is 10.5. The molecule has 22 heavy (non-hydrogen) atoms. The monoisotopic (exact) mass is 343 g/mol. The summed E-state index contributed by atoms with van der Waals surface area (Å²) in [6, 6.07) is 3.37. The van der Waals surface area contributed by atoms with Crippen LogP contribution in [0.15, 0.2) is 33.7 Å². The van der Waals surface area contributed by atoms with Crippen molar-refractivity contribution in [1.82, 2.24) is 0 Å². The molecule has 0 radical (unpaired) electrons. The standard InChI is InChI=1S/C8H10O3S.C6H7NO2S/c1-2-11-8(10)7(9)6-3-4-12-5-6;7-6(9)5(8)4-1-2-10-3-4/h3-5,7,9H,2H2,1H3;1-3,5,8H,(H2,7,9). The summed E-state index contributed by atoms with van der Waals surface area (Å²) >= 11 is 2.85. The van der Waals surface area contributed by atoms with Gasteiger partial charge in [-0.2, -0.15) is 22.7 Å². The Bertz CT molecular complexity index is 568. The second-order valence-electron chi connectivity index (χ2n) is 4.07. The van der Waals surface area contributed by atoms with Crippen LogP contribution in [0.1, 0.15) is 30.3 Å². The minimum Gasteiger partial charge on any atom is -0.464 e. The summed E-state index contributed by atoms with van der Waals surface area (Å²) in [4.78, 5) is 21.3.